The van der Waals surface area contributed by atoms with Gasteiger partial charge in [-0.3, -0.25) is 0 Å². The summed E-state index contributed by atoms with van der Waals surface area (Å²) < 4.78 is 16.7. The number of fused-ring (bicyclic) bond motifs is 3. The van der Waals surface area contributed by atoms with Crippen LogP contribution >= 0.6 is 0 Å². The van der Waals surface area contributed by atoms with Crippen molar-refractivity contribution in [3.05, 3.63) is 146 Å². The van der Waals surface area contributed by atoms with E-state index in [-0.39, 0.29) is 64.2 Å². The van der Waals surface area contributed by atoms with Crippen LogP contribution < -0.4 is 0 Å². The molecule has 3 N–H and O–H groups in total. The van der Waals surface area contributed by atoms with E-state index < -0.39 is 0 Å². The normalized spacial score (nSPS) is 10.5. The molecule has 0 aliphatic carbocycles. The van der Waals surface area contributed by atoms with Crippen molar-refractivity contribution in [2.45, 2.75) is 0 Å². The molecule has 0 aliphatic heterocycles. The van der Waals surface area contributed by atoms with Gasteiger partial charge in [0, 0.05) is 46.9 Å². The number of phenols is 3. The Morgan fingerprint density at radius 1 is 0.327 bits per heavy atom. The van der Waals surface area contributed by atoms with E-state index in [0.29, 0.717) is 34.4 Å². The zero-order chi connectivity index (χ0) is 32.9. The first-order valence-electron chi connectivity index (χ1n) is 15.0. The maximum absolute atomic E-state index is 9.69. The maximum atomic E-state index is 9.69. The number of aromatic hydroxyl groups is 3. The number of phenolic OH excluding ortho intramolecular Hbond substituents is 3. The number of oxazole rings is 3. The predicted octanol–water partition coefficient (Wildman–Crippen LogP) is 9.60. The molecule has 0 fully saturated rings. The molecule has 0 unspecified atom stereocenters. The molecule has 49 heavy (non-hydrogen) atoms. The minimum absolute atomic E-state index is 0. The first-order chi connectivity index (χ1) is 23.5. The van der Waals surface area contributed by atoms with Crippen LogP contribution in [0.3, 0.4) is 0 Å². The summed E-state index contributed by atoms with van der Waals surface area (Å²) in [5, 5.41) is 29.1. The molecule has 10 heteroatoms. The average Bonchev–Trinajstić information content (AvgIpc) is 3.86. The minimum Gasteiger partial charge on any atom is -0.507 e. The van der Waals surface area contributed by atoms with Gasteiger partial charge in [0.15, 0.2) is 16.7 Å². The van der Waals surface area contributed by atoms with Gasteiger partial charge in [-0.25, -0.2) is 15.0 Å². The number of benzene rings is 6. The van der Waals surface area contributed by atoms with Crippen LogP contribution in [0.15, 0.2) is 159 Å². The van der Waals surface area contributed by atoms with E-state index in [1.807, 2.05) is 91.0 Å². The van der Waals surface area contributed by atoms with Crippen molar-refractivity contribution in [1.82, 2.24) is 15.0 Å². The van der Waals surface area contributed by atoms with E-state index in [4.69, 9.17) is 13.3 Å². The molecule has 0 saturated heterocycles. The summed E-state index contributed by atoms with van der Waals surface area (Å²) in [6.07, 6.45) is 0. The Labute approximate surface area is 318 Å². The van der Waals surface area contributed by atoms with E-state index in [2.05, 4.69) is 15.0 Å². The van der Waals surface area contributed by atoms with Gasteiger partial charge in [-0.1, -0.05) is 72.8 Å². The van der Waals surface area contributed by atoms with Gasteiger partial charge in [0.05, 0.1) is 16.7 Å². The number of rotatable bonds is 3. The third kappa shape index (κ3) is 7.54. The summed E-state index contributed by atoms with van der Waals surface area (Å²) in [7, 11) is 0. The van der Waals surface area contributed by atoms with Crippen LogP contribution in [0.1, 0.15) is 0 Å². The summed E-state index contributed by atoms with van der Waals surface area (Å²) in [5.74, 6) is 1.86. The molecule has 0 bridgehead atoms. The Hall–Kier alpha value is -5.35. The molecule has 0 aliphatic rings. The van der Waals surface area contributed by atoms with Crippen molar-refractivity contribution in [3.63, 3.8) is 0 Å². The Morgan fingerprint density at radius 2 is 0.571 bits per heavy atom. The third-order valence-electron chi connectivity index (χ3n) is 7.29. The van der Waals surface area contributed by atoms with Crippen molar-refractivity contribution >= 4 is 33.3 Å². The smallest absolute Gasteiger partial charge is 0.231 e. The summed E-state index contributed by atoms with van der Waals surface area (Å²) in [4.78, 5) is 13.0. The molecule has 9 rings (SSSR count). The van der Waals surface area contributed by atoms with E-state index in [9.17, 15) is 15.3 Å². The van der Waals surface area contributed by atoms with Crippen LogP contribution in [0.4, 0.5) is 0 Å². The molecule has 0 saturated carbocycles. The SMILES string of the molecule is Oc1ccccc1-c1nc2ccccc2o1.Oc1ccccc1-c1nc2ccccc2o1.Oc1ccccc1-c1nc2ccccc2o1.[Yb]. The predicted molar refractivity (Wildman–Crippen MR) is 183 cm³/mol. The Balaban J connectivity index is 0.000000126. The molecule has 9 aromatic rings. The molecule has 248 valence electrons. The van der Waals surface area contributed by atoms with E-state index >= 15 is 0 Å². The number of hydrogen-bond donors (Lipinski definition) is 3. The van der Waals surface area contributed by atoms with E-state index in [1.54, 1.807) is 54.6 Å². The largest absolute Gasteiger partial charge is 0.507 e. The van der Waals surface area contributed by atoms with Crippen LogP contribution in [-0.4, -0.2) is 30.3 Å². The van der Waals surface area contributed by atoms with Crippen molar-refractivity contribution in [2.75, 3.05) is 0 Å². The van der Waals surface area contributed by atoms with Crippen LogP contribution in [0.2, 0.25) is 0 Å². The van der Waals surface area contributed by atoms with E-state index in [0.717, 1.165) is 33.3 Å². The topological polar surface area (TPSA) is 139 Å². The quantitative estimate of drug-likeness (QED) is 0.159. The molecule has 6 aromatic carbocycles. The maximum Gasteiger partial charge on any atom is 0.231 e. The molecular formula is C39H27N3O6Yb. The first-order valence-corrected chi connectivity index (χ1v) is 15.0. The summed E-state index contributed by atoms with van der Waals surface area (Å²) in [5.41, 5.74) is 6.38. The summed E-state index contributed by atoms with van der Waals surface area (Å²) in [6.45, 7) is 0. The molecule has 3 heterocycles. The second kappa shape index (κ2) is 15.3. The average molecular weight is 807 g/mol. The van der Waals surface area contributed by atoms with Gasteiger partial charge >= 0.3 is 0 Å². The summed E-state index contributed by atoms with van der Waals surface area (Å²) >= 11 is 0. The van der Waals surface area contributed by atoms with Crippen LogP contribution in [0, 0.1) is 46.9 Å². The standard InChI is InChI=1S/3C13H9NO2.Yb/c3*15-11-7-3-1-5-9(11)13-14-10-6-2-4-8-12(10)16-13;/h3*1-8,15H;. The summed E-state index contributed by atoms with van der Waals surface area (Å²) in [6, 6.07) is 43.6. The van der Waals surface area contributed by atoms with Crippen molar-refractivity contribution < 1.29 is 75.5 Å². The number of hydrogen-bond acceptors (Lipinski definition) is 9. The van der Waals surface area contributed by atoms with Crippen molar-refractivity contribution in [3.8, 4) is 51.6 Å². The fourth-order valence-electron chi connectivity index (χ4n) is 4.93. The van der Waals surface area contributed by atoms with E-state index in [1.165, 1.54) is 0 Å². The van der Waals surface area contributed by atoms with Gasteiger partial charge < -0.3 is 28.6 Å². The van der Waals surface area contributed by atoms with Crippen LogP contribution in [-0.2, 0) is 0 Å². The Morgan fingerprint density at radius 3 is 0.837 bits per heavy atom. The fourth-order valence-corrected chi connectivity index (χ4v) is 4.93. The molecule has 9 nitrogen and oxygen atoms in total. The minimum atomic E-state index is 0. The zero-order valence-corrected chi connectivity index (χ0v) is 27.2. The zero-order valence-electron chi connectivity index (χ0n) is 25.5. The fraction of sp³-hybridized carbons (Fsp3) is 0. The molecule has 3 aromatic heterocycles. The van der Waals surface area contributed by atoms with Gasteiger partial charge in [0.1, 0.15) is 33.8 Å². The molecule has 0 atom stereocenters. The van der Waals surface area contributed by atoms with Gasteiger partial charge in [0.2, 0.25) is 17.7 Å². The van der Waals surface area contributed by atoms with Crippen molar-refractivity contribution in [1.29, 1.82) is 0 Å². The molecule has 0 spiro atoms. The molecule has 0 amide bonds. The van der Waals surface area contributed by atoms with Gasteiger partial charge in [-0.2, -0.15) is 0 Å². The van der Waals surface area contributed by atoms with Gasteiger partial charge in [0.25, 0.3) is 0 Å². The van der Waals surface area contributed by atoms with Crippen LogP contribution in [0.5, 0.6) is 17.2 Å². The Bertz CT molecular complexity index is 2110. The monoisotopic (exact) mass is 807 g/mol. The second-order valence-corrected chi connectivity index (χ2v) is 10.5. The Kier molecular flexibility index (Phi) is 10.4. The first kappa shape index (κ1) is 33.5. The third-order valence-corrected chi connectivity index (χ3v) is 7.29. The number of aromatic nitrogens is 3. The molecule has 0 radical (unpaired) electrons. The van der Waals surface area contributed by atoms with Gasteiger partial charge in [-0.15, -0.1) is 0 Å². The second-order valence-electron chi connectivity index (χ2n) is 10.5. The van der Waals surface area contributed by atoms with Crippen LogP contribution in [0.25, 0.3) is 67.7 Å². The molecular weight excluding hydrogens is 779 g/mol. The van der Waals surface area contributed by atoms with Gasteiger partial charge in [-0.05, 0) is 72.8 Å². The number of nitrogens with zero attached hydrogens (tertiary/aromatic N) is 3. The van der Waals surface area contributed by atoms with Crippen molar-refractivity contribution in [2.24, 2.45) is 0 Å². The number of para-hydroxylation sites is 9.